The van der Waals surface area contributed by atoms with Crippen LogP contribution in [-0.2, 0) is 21.2 Å². The molecule has 0 heterocycles. The third kappa shape index (κ3) is 3.68. The topological polar surface area (TPSA) is 54.4 Å². The largest absolute Gasteiger partial charge is 0.383 e. The lowest BCUT2D eigenvalue weighted by Gasteiger charge is -2.19. The fourth-order valence-corrected chi connectivity index (χ4v) is 3.34. The molecule has 112 valence electrons. The molecule has 5 heteroatoms. The highest BCUT2D eigenvalue weighted by atomic mass is 32.2. The standard InChI is InChI=1S/C16H17FO3S/c1-16(18,12-17)14-9-7-13(8-10-14)11-21(19,20)15-5-3-2-4-6-15/h2-10,18H,11-12H2,1H3. The van der Waals surface area contributed by atoms with Gasteiger partial charge in [0.05, 0.1) is 10.6 Å². The average Bonchev–Trinajstić information content (AvgIpc) is 2.48. The summed E-state index contributed by atoms with van der Waals surface area (Å²) in [6, 6.07) is 14.5. The van der Waals surface area contributed by atoms with Gasteiger partial charge in [-0.3, -0.25) is 0 Å². The molecule has 0 bridgehead atoms. The number of hydrogen-bond acceptors (Lipinski definition) is 3. The predicted octanol–water partition coefficient (Wildman–Crippen LogP) is 2.84. The monoisotopic (exact) mass is 308 g/mol. The molecule has 0 fully saturated rings. The molecule has 0 radical (unpaired) electrons. The van der Waals surface area contributed by atoms with Crippen molar-refractivity contribution in [2.75, 3.05) is 6.67 Å². The van der Waals surface area contributed by atoms with Crippen LogP contribution in [0.1, 0.15) is 18.1 Å². The van der Waals surface area contributed by atoms with Crippen molar-refractivity contribution in [3.63, 3.8) is 0 Å². The van der Waals surface area contributed by atoms with E-state index in [1.165, 1.54) is 6.92 Å². The van der Waals surface area contributed by atoms with Crippen LogP contribution in [-0.4, -0.2) is 20.2 Å². The molecule has 1 unspecified atom stereocenters. The van der Waals surface area contributed by atoms with Gasteiger partial charge in [0.1, 0.15) is 12.3 Å². The summed E-state index contributed by atoms with van der Waals surface area (Å²) in [5, 5.41) is 9.80. The lowest BCUT2D eigenvalue weighted by molar-refractivity contribution is 0.0300. The Balaban J connectivity index is 2.22. The minimum Gasteiger partial charge on any atom is -0.383 e. The zero-order chi connectivity index (χ0) is 15.5. The van der Waals surface area contributed by atoms with E-state index in [0.29, 0.717) is 11.1 Å². The minimum absolute atomic E-state index is 0.130. The highest BCUT2D eigenvalue weighted by Gasteiger charge is 2.23. The molecule has 0 aliphatic carbocycles. The second kappa shape index (κ2) is 5.95. The van der Waals surface area contributed by atoms with Crippen LogP contribution in [0.25, 0.3) is 0 Å². The zero-order valence-electron chi connectivity index (χ0n) is 11.7. The van der Waals surface area contributed by atoms with Gasteiger partial charge in [-0.25, -0.2) is 12.8 Å². The first kappa shape index (κ1) is 15.7. The van der Waals surface area contributed by atoms with Gasteiger partial charge in [-0.15, -0.1) is 0 Å². The van der Waals surface area contributed by atoms with Gasteiger partial charge in [-0.05, 0) is 30.2 Å². The quantitative estimate of drug-likeness (QED) is 0.924. The summed E-state index contributed by atoms with van der Waals surface area (Å²) in [4.78, 5) is 0.268. The maximum absolute atomic E-state index is 12.7. The van der Waals surface area contributed by atoms with E-state index in [-0.39, 0.29) is 10.6 Å². The zero-order valence-corrected chi connectivity index (χ0v) is 12.5. The maximum Gasteiger partial charge on any atom is 0.182 e. The van der Waals surface area contributed by atoms with Crippen LogP contribution in [0.5, 0.6) is 0 Å². The Morgan fingerprint density at radius 3 is 2.14 bits per heavy atom. The Kier molecular flexibility index (Phi) is 4.44. The van der Waals surface area contributed by atoms with E-state index in [2.05, 4.69) is 0 Å². The van der Waals surface area contributed by atoms with Gasteiger partial charge < -0.3 is 5.11 Å². The Morgan fingerprint density at radius 2 is 1.62 bits per heavy atom. The first-order valence-electron chi connectivity index (χ1n) is 6.51. The van der Waals surface area contributed by atoms with E-state index in [0.717, 1.165) is 0 Å². The molecule has 0 aliphatic rings. The van der Waals surface area contributed by atoms with Crippen LogP contribution in [0.3, 0.4) is 0 Å². The molecule has 0 aliphatic heterocycles. The molecule has 3 nitrogen and oxygen atoms in total. The molecular weight excluding hydrogens is 291 g/mol. The Hall–Kier alpha value is -1.72. The number of sulfone groups is 1. The van der Waals surface area contributed by atoms with Crippen molar-refractivity contribution in [2.24, 2.45) is 0 Å². The van der Waals surface area contributed by atoms with E-state index in [4.69, 9.17) is 0 Å². The molecule has 21 heavy (non-hydrogen) atoms. The molecule has 2 aromatic rings. The molecule has 2 rings (SSSR count). The SMILES string of the molecule is CC(O)(CF)c1ccc(CS(=O)(=O)c2ccccc2)cc1. The minimum atomic E-state index is -3.40. The number of aliphatic hydroxyl groups is 1. The van der Waals surface area contributed by atoms with Crippen molar-refractivity contribution < 1.29 is 17.9 Å². The fourth-order valence-electron chi connectivity index (χ4n) is 1.97. The van der Waals surface area contributed by atoms with Crippen LogP contribution < -0.4 is 0 Å². The lowest BCUT2D eigenvalue weighted by Crippen LogP contribution is -2.23. The second-order valence-corrected chi connectivity index (χ2v) is 7.17. The number of hydrogen-bond donors (Lipinski definition) is 1. The van der Waals surface area contributed by atoms with Gasteiger partial charge in [0.15, 0.2) is 9.84 Å². The van der Waals surface area contributed by atoms with Crippen molar-refractivity contribution >= 4 is 9.84 Å². The molecule has 0 amide bonds. The number of benzene rings is 2. The van der Waals surface area contributed by atoms with Crippen LogP contribution in [0.15, 0.2) is 59.5 Å². The van der Waals surface area contributed by atoms with E-state index < -0.39 is 22.1 Å². The van der Waals surface area contributed by atoms with Crippen LogP contribution in [0.2, 0.25) is 0 Å². The molecule has 0 aromatic heterocycles. The Morgan fingerprint density at radius 1 is 1.05 bits per heavy atom. The highest BCUT2D eigenvalue weighted by molar-refractivity contribution is 7.90. The average molecular weight is 308 g/mol. The molecule has 0 spiro atoms. The van der Waals surface area contributed by atoms with Gasteiger partial charge in [0, 0.05) is 0 Å². The lowest BCUT2D eigenvalue weighted by atomic mass is 9.97. The predicted molar refractivity (Wildman–Crippen MR) is 79.3 cm³/mol. The van der Waals surface area contributed by atoms with E-state index >= 15 is 0 Å². The van der Waals surface area contributed by atoms with Crippen molar-refractivity contribution in [3.05, 3.63) is 65.7 Å². The van der Waals surface area contributed by atoms with Gasteiger partial charge >= 0.3 is 0 Å². The third-order valence-electron chi connectivity index (χ3n) is 3.30. The smallest absolute Gasteiger partial charge is 0.182 e. The Bertz CT molecular complexity index is 692. The van der Waals surface area contributed by atoms with Crippen molar-refractivity contribution in [2.45, 2.75) is 23.2 Å². The third-order valence-corrected chi connectivity index (χ3v) is 5.00. The number of alkyl halides is 1. The number of halogens is 1. The second-order valence-electron chi connectivity index (χ2n) is 5.18. The Labute approximate surface area is 124 Å². The van der Waals surface area contributed by atoms with Gasteiger partial charge in [-0.1, -0.05) is 42.5 Å². The summed E-state index contributed by atoms with van der Waals surface area (Å²) in [5.41, 5.74) is -0.528. The van der Waals surface area contributed by atoms with E-state index in [9.17, 15) is 17.9 Å². The van der Waals surface area contributed by atoms with E-state index in [1.54, 1.807) is 54.6 Å². The highest BCUT2D eigenvalue weighted by Crippen LogP contribution is 2.23. The molecule has 1 N–H and O–H groups in total. The van der Waals surface area contributed by atoms with E-state index in [1.807, 2.05) is 0 Å². The molecule has 1 atom stereocenters. The number of rotatable bonds is 5. The van der Waals surface area contributed by atoms with Gasteiger partial charge in [-0.2, -0.15) is 0 Å². The van der Waals surface area contributed by atoms with Gasteiger partial charge in [0.25, 0.3) is 0 Å². The van der Waals surface area contributed by atoms with Crippen molar-refractivity contribution in [3.8, 4) is 0 Å². The van der Waals surface area contributed by atoms with Crippen LogP contribution in [0, 0.1) is 0 Å². The molecular formula is C16H17FO3S. The first-order chi connectivity index (χ1) is 9.85. The van der Waals surface area contributed by atoms with Crippen molar-refractivity contribution in [1.29, 1.82) is 0 Å². The summed E-state index contributed by atoms with van der Waals surface area (Å²) < 4.78 is 37.2. The molecule has 0 saturated heterocycles. The summed E-state index contributed by atoms with van der Waals surface area (Å²) in [7, 11) is -3.40. The summed E-state index contributed by atoms with van der Waals surface area (Å²) in [6.45, 7) is 0.484. The summed E-state index contributed by atoms with van der Waals surface area (Å²) in [5.74, 6) is -0.130. The summed E-state index contributed by atoms with van der Waals surface area (Å²) >= 11 is 0. The van der Waals surface area contributed by atoms with Crippen LogP contribution in [0.4, 0.5) is 4.39 Å². The first-order valence-corrected chi connectivity index (χ1v) is 8.16. The van der Waals surface area contributed by atoms with Crippen molar-refractivity contribution in [1.82, 2.24) is 0 Å². The summed E-state index contributed by atoms with van der Waals surface area (Å²) in [6.07, 6.45) is 0. The fraction of sp³-hybridized carbons (Fsp3) is 0.250. The van der Waals surface area contributed by atoms with Crippen LogP contribution >= 0.6 is 0 Å². The molecule has 2 aromatic carbocycles. The maximum atomic E-state index is 12.7. The molecule has 0 saturated carbocycles. The van der Waals surface area contributed by atoms with Gasteiger partial charge in [0.2, 0.25) is 0 Å². The normalized spacial score (nSPS) is 14.6.